The van der Waals surface area contributed by atoms with Crippen LogP contribution in [0.3, 0.4) is 0 Å². The molecule has 2 aromatic heterocycles. The maximum atomic E-state index is 12.2. The van der Waals surface area contributed by atoms with E-state index in [1.165, 1.54) is 18.4 Å². The number of amides is 1. The van der Waals surface area contributed by atoms with Gasteiger partial charge in [-0.2, -0.15) is 28.1 Å². The molecule has 13 heteroatoms. The van der Waals surface area contributed by atoms with Crippen molar-refractivity contribution in [3.05, 3.63) is 24.2 Å². The zero-order chi connectivity index (χ0) is 16.9. The minimum atomic E-state index is -4.49. The smallest absolute Gasteiger partial charge is 0.405 e. The molecule has 0 unspecified atom stereocenters. The van der Waals surface area contributed by atoms with Crippen LogP contribution in [0.1, 0.15) is 10.6 Å². The van der Waals surface area contributed by atoms with Crippen molar-refractivity contribution in [2.24, 2.45) is 0 Å². The van der Waals surface area contributed by atoms with Crippen LogP contribution >= 0.6 is 0 Å². The van der Waals surface area contributed by atoms with Crippen LogP contribution in [0.2, 0.25) is 0 Å². The second-order valence-electron chi connectivity index (χ2n) is 3.94. The monoisotopic (exact) mass is 333 g/mol. The largest absolute Gasteiger partial charge is 0.459 e. The zero-order valence-electron chi connectivity index (χ0n) is 11.2. The van der Waals surface area contributed by atoms with Crippen LogP contribution in [0.5, 0.6) is 0 Å². The van der Waals surface area contributed by atoms with E-state index in [0.717, 1.165) is 0 Å². The number of rotatable bonds is 6. The van der Waals surface area contributed by atoms with Crippen molar-refractivity contribution in [1.29, 1.82) is 0 Å². The molecular weight excluding hydrogens is 323 g/mol. The van der Waals surface area contributed by atoms with Crippen LogP contribution in [0.25, 0.3) is 0 Å². The fourth-order valence-corrected chi connectivity index (χ4v) is 1.32. The second kappa shape index (κ2) is 6.78. The third-order valence-corrected chi connectivity index (χ3v) is 2.22. The Hall–Kier alpha value is -3.09. The minimum absolute atomic E-state index is 0.0116. The molecule has 0 aliphatic carbocycles. The average molecular weight is 333 g/mol. The number of carbonyl (C=O) groups is 1. The molecule has 0 aliphatic heterocycles. The summed E-state index contributed by atoms with van der Waals surface area (Å²) in [5, 5.41) is 10.7. The fourth-order valence-electron chi connectivity index (χ4n) is 1.32. The molecule has 0 aromatic carbocycles. The molecule has 2 heterocycles. The van der Waals surface area contributed by atoms with Crippen molar-refractivity contribution in [1.82, 2.24) is 20.4 Å². The van der Waals surface area contributed by atoms with Gasteiger partial charge in [0.2, 0.25) is 11.9 Å². The van der Waals surface area contributed by atoms with Crippen LogP contribution in [0.4, 0.5) is 31.0 Å². The maximum Gasteiger partial charge on any atom is 0.405 e. The summed E-state index contributed by atoms with van der Waals surface area (Å²) in [6.07, 6.45) is -3.20. The van der Waals surface area contributed by atoms with Gasteiger partial charge in [-0.3, -0.25) is 20.9 Å². The van der Waals surface area contributed by atoms with Gasteiger partial charge in [0.25, 0.3) is 5.95 Å². The van der Waals surface area contributed by atoms with Gasteiger partial charge in [-0.25, -0.2) is 5.48 Å². The van der Waals surface area contributed by atoms with Crippen molar-refractivity contribution in [3.8, 4) is 0 Å². The first kappa shape index (κ1) is 16.3. The molecule has 2 rings (SSSR count). The number of furan rings is 1. The van der Waals surface area contributed by atoms with Gasteiger partial charge >= 0.3 is 12.1 Å². The summed E-state index contributed by atoms with van der Waals surface area (Å²) in [7, 11) is 0. The Morgan fingerprint density at radius 3 is 2.52 bits per heavy atom. The summed E-state index contributed by atoms with van der Waals surface area (Å²) < 4.78 is 41.3. The van der Waals surface area contributed by atoms with E-state index in [1.807, 2.05) is 5.32 Å². The number of carbonyl (C=O) groups excluding carboxylic acids is 1. The number of hydrogen-bond acceptors (Lipinski definition) is 9. The molecule has 0 atom stereocenters. The van der Waals surface area contributed by atoms with Gasteiger partial charge in [-0.05, 0) is 12.1 Å². The number of anilines is 3. The fraction of sp³-hybridized carbons (Fsp3) is 0.200. The number of alkyl halides is 3. The third-order valence-electron chi connectivity index (χ3n) is 2.22. The number of nitrogens with one attached hydrogen (secondary N) is 4. The van der Waals surface area contributed by atoms with Gasteiger partial charge in [0.1, 0.15) is 6.54 Å². The Morgan fingerprint density at radius 2 is 1.91 bits per heavy atom. The zero-order valence-corrected chi connectivity index (χ0v) is 11.2. The van der Waals surface area contributed by atoms with Crippen LogP contribution in [-0.2, 0) is 0 Å². The molecule has 0 saturated heterocycles. The Morgan fingerprint density at radius 1 is 1.22 bits per heavy atom. The van der Waals surface area contributed by atoms with Gasteiger partial charge < -0.3 is 9.73 Å². The van der Waals surface area contributed by atoms with Crippen molar-refractivity contribution in [2.75, 3.05) is 22.8 Å². The van der Waals surface area contributed by atoms with E-state index in [4.69, 9.17) is 9.62 Å². The number of hydrogen-bond donors (Lipinski definition) is 5. The Kier molecular flexibility index (Phi) is 4.80. The molecule has 0 bridgehead atoms. The standard InChI is InChI=1S/C10H10F3N7O3/c11-10(12,13)4-14-7-15-8(17-9(16-7)20-22)19-18-6(21)5-2-1-3-23-5/h1-3,22H,4H2,(H,18,21)(H3,14,15,16,17,19,20). The van der Waals surface area contributed by atoms with Crippen molar-refractivity contribution in [2.45, 2.75) is 6.18 Å². The summed E-state index contributed by atoms with van der Waals surface area (Å²) in [4.78, 5) is 22.3. The van der Waals surface area contributed by atoms with Crippen LogP contribution in [0, 0.1) is 0 Å². The van der Waals surface area contributed by atoms with E-state index in [9.17, 15) is 18.0 Å². The molecule has 0 radical (unpaired) electrons. The lowest BCUT2D eigenvalue weighted by molar-refractivity contribution is -0.115. The summed E-state index contributed by atoms with van der Waals surface area (Å²) in [6.45, 7) is -1.39. The van der Waals surface area contributed by atoms with Gasteiger partial charge in [0, 0.05) is 0 Å². The Bertz CT molecular complexity index is 662. The third kappa shape index (κ3) is 4.99. The number of nitrogens with zero attached hydrogens (tertiary/aromatic N) is 3. The van der Waals surface area contributed by atoms with E-state index >= 15 is 0 Å². The second-order valence-corrected chi connectivity index (χ2v) is 3.94. The van der Waals surface area contributed by atoms with Crippen LogP contribution < -0.4 is 21.6 Å². The molecule has 0 fully saturated rings. The first-order valence-corrected chi connectivity index (χ1v) is 5.94. The summed E-state index contributed by atoms with van der Waals surface area (Å²) >= 11 is 0. The average Bonchev–Trinajstić information content (AvgIpc) is 3.04. The maximum absolute atomic E-state index is 12.2. The van der Waals surface area contributed by atoms with E-state index in [1.54, 1.807) is 5.48 Å². The molecule has 5 N–H and O–H groups in total. The highest BCUT2D eigenvalue weighted by atomic mass is 19.4. The SMILES string of the molecule is O=C(NNc1nc(NO)nc(NCC(F)(F)F)n1)c1ccco1. The molecule has 10 nitrogen and oxygen atoms in total. The molecular formula is C10H10F3N7O3. The summed E-state index contributed by atoms with van der Waals surface area (Å²) in [5.74, 6) is -1.90. The minimum Gasteiger partial charge on any atom is -0.459 e. The van der Waals surface area contributed by atoms with Crippen molar-refractivity contribution in [3.63, 3.8) is 0 Å². The van der Waals surface area contributed by atoms with E-state index < -0.39 is 30.5 Å². The normalized spacial score (nSPS) is 11.0. The first-order valence-electron chi connectivity index (χ1n) is 5.94. The molecule has 0 saturated carbocycles. The lowest BCUT2D eigenvalue weighted by Gasteiger charge is -2.11. The van der Waals surface area contributed by atoms with E-state index in [2.05, 4.69) is 25.8 Å². The molecule has 0 spiro atoms. The summed E-state index contributed by atoms with van der Waals surface area (Å²) in [6, 6.07) is 2.88. The van der Waals surface area contributed by atoms with Crippen LogP contribution in [-0.4, -0.2) is 38.8 Å². The van der Waals surface area contributed by atoms with Crippen molar-refractivity contribution < 1.29 is 27.6 Å². The van der Waals surface area contributed by atoms with Crippen molar-refractivity contribution >= 4 is 23.8 Å². The lowest BCUT2D eigenvalue weighted by Crippen LogP contribution is -2.30. The molecule has 0 aliphatic rings. The predicted octanol–water partition coefficient (Wildman–Crippen LogP) is 0.997. The number of hydrazine groups is 1. The first-order chi connectivity index (χ1) is 10.9. The van der Waals surface area contributed by atoms with Gasteiger partial charge in [-0.15, -0.1) is 0 Å². The van der Waals surface area contributed by atoms with Gasteiger partial charge in [-0.1, -0.05) is 0 Å². The Balaban J connectivity index is 2.04. The van der Waals surface area contributed by atoms with Gasteiger partial charge in [0.05, 0.1) is 6.26 Å². The molecule has 1 amide bonds. The van der Waals surface area contributed by atoms with Gasteiger partial charge in [0.15, 0.2) is 5.76 Å². The summed E-state index contributed by atoms with van der Waals surface area (Å²) in [5.41, 5.74) is 5.97. The van der Waals surface area contributed by atoms with Crippen LogP contribution in [0.15, 0.2) is 22.8 Å². The lowest BCUT2D eigenvalue weighted by atomic mass is 10.4. The van der Waals surface area contributed by atoms with E-state index in [-0.39, 0.29) is 11.7 Å². The topological polar surface area (TPSA) is 137 Å². The highest BCUT2D eigenvalue weighted by molar-refractivity contribution is 5.91. The predicted molar refractivity (Wildman–Crippen MR) is 69.6 cm³/mol. The highest BCUT2D eigenvalue weighted by Gasteiger charge is 2.27. The number of aromatic nitrogens is 3. The molecule has 124 valence electrons. The Labute approximate surface area is 126 Å². The highest BCUT2D eigenvalue weighted by Crippen LogP contribution is 2.16. The number of halogens is 3. The van der Waals surface area contributed by atoms with E-state index in [0.29, 0.717) is 0 Å². The molecule has 23 heavy (non-hydrogen) atoms. The molecule has 2 aromatic rings. The quantitative estimate of drug-likeness (QED) is 0.490.